The highest BCUT2D eigenvalue weighted by molar-refractivity contribution is 6.36. The van der Waals surface area contributed by atoms with Gasteiger partial charge in [0.05, 0.1) is 10.7 Å². The number of carbonyl (C=O) groups excluding carboxylic acids is 1. The molecule has 2 atom stereocenters. The lowest BCUT2D eigenvalue weighted by Gasteiger charge is -2.07. The monoisotopic (exact) mass is 305 g/mol. The van der Waals surface area contributed by atoms with Crippen LogP contribution >= 0.6 is 23.2 Å². The van der Waals surface area contributed by atoms with Crippen LogP contribution in [-0.2, 0) is 4.79 Å². The molecule has 0 aliphatic heterocycles. The summed E-state index contributed by atoms with van der Waals surface area (Å²) in [6, 6.07) is 15.2. The molecule has 1 aliphatic carbocycles. The fourth-order valence-electron chi connectivity index (χ4n) is 2.37. The molecule has 2 aromatic rings. The number of nitrogens with one attached hydrogen (secondary N) is 1. The average Bonchev–Trinajstić information content (AvgIpc) is 3.23. The molecule has 2 unspecified atom stereocenters. The van der Waals surface area contributed by atoms with E-state index in [0.29, 0.717) is 21.7 Å². The van der Waals surface area contributed by atoms with Crippen molar-refractivity contribution in [3.63, 3.8) is 0 Å². The standard InChI is InChI=1S/C16H13Cl2NO/c17-11-6-7-15(14(18)8-11)19-16(20)13-9-12(13)10-4-2-1-3-5-10/h1-8,12-13H,9H2,(H,19,20). The summed E-state index contributed by atoms with van der Waals surface area (Å²) in [4.78, 5) is 12.2. The zero-order valence-electron chi connectivity index (χ0n) is 10.6. The first kappa shape index (κ1) is 13.5. The zero-order chi connectivity index (χ0) is 14.1. The second-order valence-corrected chi connectivity index (χ2v) is 5.82. The Labute approximate surface area is 127 Å². The number of amides is 1. The van der Waals surface area contributed by atoms with Gasteiger partial charge in [-0.15, -0.1) is 0 Å². The van der Waals surface area contributed by atoms with E-state index in [2.05, 4.69) is 17.4 Å². The van der Waals surface area contributed by atoms with Crippen molar-refractivity contribution in [2.45, 2.75) is 12.3 Å². The Morgan fingerprint density at radius 1 is 1.10 bits per heavy atom. The maximum atomic E-state index is 12.2. The van der Waals surface area contributed by atoms with Crippen LogP contribution in [0.4, 0.5) is 5.69 Å². The van der Waals surface area contributed by atoms with Crippen LogP contribution < -0.4 is 5.32 Å². The van der Waals surface area contributed by atoms with E-state index in [1.54, 1.807) is 18.2 Å². The summed E-state index contributed by atoms with van der Waals surface area (Å²) in [6.07, 6.45) is 0.890. The number of hydrogen-bond donors (Lipinski definition) is 1. The second-order valence-electron chi connectivity index (χ2n) is 4.97. The van der Waals surface area contributed by atoms with Crippen LogP contribution in [0.5, 0.6) is 0 Å². The molecule has 3 rings (SSSR count). The van der Waals surface area contributed by atoms with E-state index < -0.39 is 0 Å². The van der Waals surface area contributed by atoms with E-state index in [9.17, 15) is 4.79 Å². The number of benzene rings is 2. The molecule has 2 nitrogen and oxygen atoms in total. The van der Waals surface area contributed by atoms with E-state index in [1.165, 1.54) is 5.56 Å². The van der Waals surface area contributed by atoms with Crippen molar-refractivity contribution in [2.24, 2.45) is 5.92 Å². The number of rotatable bonds is 3. The van der Waals surface area contributed by atoms with Crippen LogP contribution in [-0.4, -0.2) is 5.91 Å². The number of halogens is 2. The molecule has 4 heteroatoms. The van der Waals surface area contributed by atoms with Gasteiger partial charge in [0.15, 0.2) is 0 Å². The van der Waals surface area contributed by atoms with Crippen LogP contribution in [0.25, 0.3) is 0 Å². The molecule has 102 valence electrons. The van der Waals surface area contributed by atoms with E-state index in [0.717, 1.165) is 6.42 Å². The molecule has 2 aromatic carbocycles. The van der Waals surface area contributed by atoms with Gasteiger partial charge in [-0.25, -0.2) is 0 Å². The SMILES string of the molecule is O=C(Nc1ccc(Cl)cc1Cl)C1CC1c1ccccc1. The molecule has 0 spiro atoms. The van der Waals surface area contributed by atoms with Crippen molar-refractivity contribution < 1.29 is 4.79 Å². The van der Waals surface area contributed by atoms with Gasteiger partial charge in [0.2, 0.25) is 5.91 Å². The topological polar surface area (TPSA) is 29.1 Å². The van der Waals surface area contributed by atoms with Gasteiger partial charge in [-0.2, -0.15) is 0 Å². The first-order chi connectivity index (χ1) is 9.65. The Balaban J connectivity index is 1.67. The van der Waals surface area contributed by atoms with Gasteiger partial charge in [0, 0.05) is 10.9 Å². The van der Waals surface area contributed by atoms with Crippen molar-refractivity contribution in [2.75, 3.05) is 5.32 Å². The molecule has 1 fully saturated rings. The summed E-state index contributed by atoms with van der Waals surface area (Å²) in [6.45, 7) is 0. The normalized spacial score (nSPS) is 20.5. The van der Waals surface area contributed by atoms with E-state index in [1.807, 2.05) is 18.2 Å². The van der Waals surface area contributed by atoms with Crippen LogP contribution in [0.3, 0.4) is 0 Å². The van der Waals surface area contributed by atoms with E-state index in [-0.39, 0.29) is 11.8 Å². The van der Waals surface area contributed by atoms with Crippen molar-refractivity contribution in [3.8, 4) is 0 Å². The molecule has 0 radical (unpaired) electrons. The molecule has 0 heterocycles. The minimum Gasteiger partial charge on any atom is -0.325 e. The molecule has 0 bridgehead atoms. The highest BCUT2D eigenvalue weighted by atomic mass is 35.5. The van der Waals surface area contributed by atoms with E-state index in [4.69, 9.17) is 23.2 Å². The summed E-state index contributed by atoms with van der Waals surface area (Å²) in [5.74, 6) is 0.370. The van der Waals surface area contributed by atoms with Gasteiger partial charge in [-0.05, 0) is 36.1 Å². The van der Waals surface area contributed by atoms with Crippen LogP contribution in [0, 0.1) is 5.92 Å². The summed E-state index contributed by atoms with van der Waals surface area (Å²) >= 11 is 11.9. The molecule has 20 heavy (non-hydrogen) atoms. The predicted molar refractivity (Wildman–Crippen MR) is 82.4 cm³/mol. The van der Waals surface area contributed by atoms with Crippen LogP contribution in [0.15, 0.2) is 48.5 Å². The average molecular weight is 306 g/mol. The minimum absolute atomic E-state index is 0.0167. The molecular formula is C16H13Cl2NO. The smallest absolute Gasteiger partial charge is 0.228 e. The fraction of sp³-hybridized carbons (Fsp3) is 0.188. The Kier molecular flexibility index (Phi) is 3.68. The Bertz CT molecular complexity index is 642. The highest BCUT2D eigenvalue weighted by Crippen LogP contribution is 2.48. The maximum absolute atomic E-state index is 12.2. The van der Waals surface area contributed by atoms with Gasteiger partial charge < -0.3 is 5.32 Å². The zero-order valence-corrected chi connectivity index (χ0v) is 12.2. The lowest BCUT2D eigenvalue weighted by Crippen LogP contribution is -2.14. The maximum Gasteiger partial charge on any atom is 0.228 e. The summed E-state index contributed by atoms with van der Waals surface area (Å²) in [5.41, 5.74) is 1.83. The summed E-state index contributed by atoms with van der Waals surface area (Å²) < 4.78 is 0. The van der Waals surface area contributed by atoms with Gasteiger partial charge in [0.25, 0.3) is 0 Å². The molecule has 1 aliphatic rings. The third-order valence-corrected chi connectivity index (χ3v) is 4.09. The Morgan fingerprint density at radius 2 is 1.85 bits per heavy atom. The lowest BCUT2D eigenvalue weighted by atomic mass is 10.1. The first-order valence-electron chi connectivity index (χ1n) is 6.46. The third kappa shape index (κ3) is 2.82. The van der Waals surface area contributed by atoms with Crippen LogP contribution in [0.1, 0.15) is 17.9 Å². The highest BCUT2D eigenvalue weighted by Gasteiger charge is 2.43. The van der Waals surface area contributed by atoms with Gasteiger partial charge >= 0.3 is 0 Å². The molecule has 0 aromatic heterocycles. The molecule has 1 saturated carbocycles. The van der Waals surface area contributed by atoms with Crippen LogP contribution in [0.2, 0.25) is 10.0 Å². The quantitative estimate of drug-likeness (QED) is 0.872. The minimum atomic E-state index is 0.0167. The van der Waals surface area contributed by atoms with Crippen molar-refractivity contribution in [3.05, 3.63) is 64.1 Å². The van der Waals surface area contributed by atoms with Crippen molar-refractivity contribution in [1.29, 1.82) is 0 Å². The molecule has 1 N–H and O–H groups in total. The summed E-state index contributed by atoms with van der Waals surface area (Å²) in [5, 5.41) is 3.89. The number of anilines is 1. The Hall–Kier alpha value is -1.51. The predicted octanol–water partition coefficient (Wildman–Crippen LogP) is 4.74. The van der Waals surface area contributed by atoms with Gasteiger partial charge in [0.1, 0.15) is 0 Å². The van der Waals surface area contributed by atoms with Crippen molar-refractivity contribution >= 4 is 34.8 Å². The first-order valence-corrected chi connectivity index (χ1v) is 7.21. The van der Waals surface area contributed by atoms with Gasteiger partial charge in [-0.3, -0.25) is 4.79 Å². The largest absolute Gasteiger partial charge is 0.325 e. The third-order valence-electron chi connectivity index (χ3n) is 3.54. The number of carbonyl (C=O) groups is 1. The van der Waals surface area contributed by atoms with E-state index >= 15 is 0 Å². The number of hydrogen-bond acceptors (Lipinski definition) is 1. The van der Waals surface area contributed by atoms with Gasteiger partial charge in [-0.1, -0.05) is 53.5 Å². The second kappa shape index (κ2) is 5.47. The molecule has 0 saturated heterocycles. The molecular weight excluding hydrogens is 293 g/mol. The Morgan fingerprint density at radius 3 is 2.55 bits per heavy atom. The fourth-order valence-corrected chi connectivity index (χ4v) is 2.83. The van der Waals surface area contributed by atoms with Crippen molar-refractivity contribution in [1.82, 2.24) is 0 Å². The lowest BCUT2D eigenvalue weighted by molar-refractivity contribution is -0.117. The summed E-state index contributed by atoms with van der Waals surface area (Å²) in [7, 11) is 0. The molecule has 1 amide bonds.